The molecule has 10 heteroatoms. The number of thiazole rings is 1. The first-order valence-corrected chi connectivity index (χ1v) is 15.3. The fraction of sp³-hybridized carbons (Fsp3) is 0.500. The highest BCUT2D eigenvalue weighted by molar-refractivity contribution is 7.12. The van der Waals surface area contributed by atoms with Gasteiger partial charge in [-0.3, -0.25) is 14.5 Å². The number of hydrogen-bond donors (Lipinski definition) is 0. The van der Waals surface area contributed by atoms with E-state index in [0.29, 0.717) is 31.4 Å². The van der Waals surface area contributed by atoms with Crippen LogP contribution in [0.5, 0.6) is 0 Å². The molecule has 2 aromatic heterocycles. The third kappa shape index (κ3) is 6.53. The van der Waals surface area contributed by atoms with Crippen LogP contribution in [0.2, 0.25) is 5.02 Å². The fourth-order valence-electron chi connectivity index (χ4n) is 5.47. The van der Waals surface area contributed by atoms with Crippen molar-refractivity contribution in [3.63, 3.8) is 0 Å². The average Bonchev–Trinajstić information content (AvgIpc) is 3.56. The first kappa shape index (κ1) is 28.6. The molecule has 40 heavy (non-hydrogen) atoms. The number of anilines is 1. The van der Waals surface area contributed by atoms with Crippen molar-refractivity contribution in [3.05, 3.63) is 56.8 Å². The van der Waals surface area contributed by atoms with Crippen LogP contribution in [0.15, 0.2) is 30.6 Å². The van der Waals surface area contributed by atoms with Gasteiger partial charge >= 0.3 is 5.97 Å². The summed E-state index contributed by atoms with van der Waals surface area (Å²) in [5.41, 5.74) is 3.29. The quantitative estimate of drug-likeness (QED) is 0.233. The van der Waals surface area contributed by atoms with E-state index in [0.717, 1.165) is 58.6 Å². The number of halogens is 1. The Morgan fingerprint density at radius 3 is 2.58 bits per heavy atom. The van der Waals surface area contributed by atoms with E-state index in [4.69, 9.17) is 21.3 Å². The van der Waals surface area contributed by atoms with Crippen LogP contribution in [0.4, 0.5) is 5.82 Å². The predicted octanol–water partition coefficient (Wildman–Crippen LogP) is 5.75. The number of ketones is 1. The number of esters is 1. The smallest absolute Gasteiger partial charge is 0.309 e. The Labute approximate surface area is 244 Å². The maximum atomic E-state index is 13.2. The Morgan fingerprint density at radius 2 is 1.93 bits per heavy atom. The molecule has 0 N–H and O–H groups in total. The number of rotatable bonds is 9. The molecule has 0 spiro atoms. The van der Waals surface area contributed by atoms with Gasteiger partial charge in [0, 0.05) is 41.1 Å². The Bertz CT molecular complexity index is 1350. The Hall–Kier alpha value is -2.88. The molecule has 212 valence electrons. The number of Topliss-reactive ketones (excluding diaryl/α,β-unsaturated/α-hetero) is 1. The normalized spacial score (nSPS) is 18.3. The molecular formula is C30H36ClN5O3S. The van der Waals surface area contributed by atoms with Gasteiger partial charge in [0.1, 0.15) is 16.5 Å². The predicted molar refractivity (Wildman–Crippen MR) is 158 cm³/mol. The molecule has 0 unspecified atom stereocenters. The number of carbonyl (C=O) groups excluding carboxylic acids is 2. The van der Waals surface area contributed by atoms with E-state index in [9.17, 15) is 9.59 Å². The number of piperidine rings is 1. The number of likely N-dealkylation sites (tertiary alicyclic amines) is 1. The number of nitrogens with zero attached hydrogens (tertiary/aromatic N) is 5. The summed E-state index contributed by atoms with van der Waals surface area (Å²) in [6, 6.07) is 6.53. The van der Waals surface area contributed by atoms with Crippen molar-refractivity contribution in [1.82, 2.24) is 19.9 Å². The van der Waals surface area contributed by atoms with Gasteiger partial charge in [-0.25, -0.2) is 15.0 Å². The van der Waals surface area contributed by atoms with Gasteiger partial charge in [0.05, 0.1) is 37.0 Å². The largest absolute Gasteiger partial charge is 0.466 e. The summed E-state index contributed by atoms with van der Waals surface area (Å²) in [6.07, 6.45) is 7.24. The fourth-order valence-corrected chi connectivity index (χ4v) is 6.71. The summed E-state index contributed by atoms with van der Waals surface area (Å²) in [7, 11) is 0. The maximum absolute atomic E-state index is 13.2. The van der Waals surface area contributed by atoms with E-state index < -0.39 is 0 Å². The highest BCUT2D eigenvalue weighted by atomic mass is 35.5. The van der Waals surface area contributed by atoms with Gasteiger partial charge in [0.2, 0.25) is 0 Å². The minimum absolute atomic E-state index is 0.0662. The topological polar surface area (TPSA) is 88.5 Å². The van der Waals surface area contributed by atoms with Gasteiger partial charge in [-0.05, 0) is 70.7 Å². The highest BCUT2D eigenvalue weighted by Gasteiger charge is 2.27. The first-order chi connectivity index (χ1) is 19.3. The monoisotopic (exact) mass is 581 g/mol. The second-order valence-electron chi connectivity index (χ2n) is 10.7. The number of aryl methyl sites for hydroxylation is 1. The second kappa shape index (κ2) is 12.7. The Morgan fingerprint density at radius 1 is 1.12 bits per heavy atom. The SMILES string of the molecule is CCOC(=O)C1CCN(c2cnc(C(=O)Cc3nc(-c4ccc(Cl)c(C)c4)c(CN4CCC[C@H]4C)s3)cn2)CC1. The average molecular weight is 582 g/mol. The van der Waals surface area contributed by atoms with Gasteiger partial charge in [0.15, 0.2) is 5.78 Å². The molecule has 0 bridgehead atoms. The lowest BCUT2D eigenvalue weighted by molar-refractivity contribution is -0.148. The van der Waals surface area contributed by atoms with Crippen molar-refractivity contribution in [2.24, 2.45) is 5.92 Å². The van der Waals surface area contributed by atoms with Crippen molar-refractivity contribution in [2.45, 2.75) is 65.5 Å². The van der Waals surface area contributed by atoms with Crippen molar-refractivity contribution < 1.29 is 14.3 Å². The molecule has 8 nitrogen and oxygen atoms in total. The Kier molecular flexibility index (Phi) is 9.13. The van der Waals surface area contributed by atoms with E-state index >= 15 is 0 Å². The molecular weight excluding hydrogens is 546 g/mol. The summed E-state index contributed by atoms with van der Waals surface area (Å²) in [6.45, 7) is 9.81. The van der Waals surface area contributed by atoms with Crippen LogP contribution in [0.3, 0.4) is 0 Å². The number of aromatic nitrogens is 3. The molecule has 0 radical (unpaired) electrons. The van der Waals surface area contributed by atoms with Crippen LogP contribution in [-0.4, -0.2) is 63.9 Å². The highest BCUT2D eigenvalue weighted by Crippen LogP contribution is 2.34. The minimum atomic E-state index is -0.121. The molecule has 0 saturated carbocycles. The van der Waals surface area contributed by atoms with E-state index in [1.54, 1.807) is 23.7 Å². The number of benzene rings is 1. The lowest BCUT2D eigenvalue weighted by atomic mass is 9.97. The molecule has 1 aromatic carbocycles. The second-order valence-corrected chi connectivity index (χ2v) is 12.3. The van der Waals surface area contributed by atoms with Crippen molar-refractivity contribution >= 4 is 40.5 Å². The molecule has 0 aliphatic carbocycles. The standard InChI is InChI=1S/C30H36ClN5O3S/c1-4-39-30(38)21-9-12-35(13-10-21)27-17-32-24(16-33-27)25(37)15-28-34-29(22-7-8-23(31)19(2)14-22)26(40-28)18-36-11-5-6-20(36)3/h7-8,14,16-17,20-21H,4-6,9-13,15,18H2,1-3H3/t20-/m1/s1. The number of hydrogen-bond acceptors (Lipinski definition) is 9. The zero-order valence-electron chi connectivity index (χ0n) is 23.4. The third-order valence-corrected chi connectivity index (χ3v) is 9.35. The summed E-state index contributed by atoms with van der Waals surface area (Å²) in [5.74, 6) is 0.427. The van der Waals surface area contributed by atoms with Crippen molar-refractivity contribution in [3.8, 4) is 11.3 Å². The molecule has 2 fully saturated rings. The van der Waals surface area contributed by atoms with Gasteiger partial charge in [-0.15, -0.1) is 11.3 Å². The molecule has 2 aliphatic rings. The maximum Gasteiger partial charge on any atom is 0.309 e. The van der Waals surface area contributed by atoms with Gasteiger partial charge in [-0.1, -0.05) is 17.7 Å². The van der Waals surface area contributed by atoms with Gasteiger partial charge in [-0.2, -0.15) is 0 Å². The lowest BCUT2D eigenvalue weighted by Gasteiger charge is -2.31. The summed E-state index contributed by atoms with van der Waals surface area (Å²) in [5, 5.41) is 1.51. The first-order valence-electron chi connectivity index (χ1n) is 14.1. The summed E-state index contributed by atoms with van der Waals surface area (Å²) in [4.78, 5) is 44.9. The van der Waals surface area contributed by atoms with E-state index in [1.807, 2.05) is 26.0 Å². The number of ether oxygens (including phenoxy) is 1. The van der Waals surface area contributed by atoms with Crippen LogP contribution in [-0.2, 0) is 22.5 Å². The van der Waals surface area contributed by atoms with Gasteiger partial charge in [0.25, 0.3) is 0 Å². The molecule has 4 heterocycles. The zero-order valence-corrected chi connectivity index (χ0v) is 24.9. The van der Waals surface area contributed by atoms with Crippen LogP contribution in [0.25, 0.3) is 11.3 Å². The third-order valence-electron chi connectivity index (χ3n) is 7.88. The molecule has 1 atom stereocenters. The molecule has 3 aromatic rings. The summed E-state index contributed by atoms with van der Waals surface area (Å²) < 4.78 is 5.16. The van der Waals surface area contributed by atoms with Crippen LogP contribution in [0.1, 0.15) is 65.5 Å². The van der Waals surface area contributed by atoms with E-state index in [2.05, 4.69) is 32.8 Å². The van der Waals surface area contributed by atoms with E-state index in [-0.39, 0.29) is 24.1 Å². The van der Waals surface area contributed by atoms with Crippen molar-refractivity contribution in [2.75, 3.05) is 31.1 Å². The molecule has 2 saturated heterocycles. The lowest BCUT2D eigenvalue weighted by Crippen LogP contribution is -2.37. The van der Waals surface area contributed by atoms with Gasteiger partial charge < -0.3 is 9.64 Å². The molecule has 2 aliphatic heterocycles. The zero-order chi connectivity index (χ0) is 28.2. The molecule has 5 rings (SSSR count). The number of carbonyl (C=O) groups is 2. The summed E-state index contributed by atoms with van der Waals surface area (Å²) >= 11 is 7.90. The Balaban J connectivity index is 1.28. The van der Waals surface area contributed by atoms with E-state index in [1.165, 1.54) is 17.7 Å². The van der Waals surface area contributed by atoms with Crippen LogP contribution in [0, 0.1) is 12.8 Å². The van der Waals surface area contributed by atoms with Crippen molar-refractivity contribution in [1.29, 1.82) is 0 Å². The van der Waals surface area contributed by atoms with Crippen LogP contribution < -0.4 is 4.90 Å². The minimum Gasteiger partial charge on any atom is -0.466 e. The molecule has 0 amide bonds. The van der Waals surface area contributed by atoms with Crippen LogP contribution >= 0.6 is 22.9 Å².